The molecular weight excluding hydrogens is 322 g/mol. The fraction of sp³-hybridized carbons (Fsp3) is 0.722. The topological polar surface area (TPSA) is 84.7 Å². The number of rotatable bonds is 10. The molecule has 2 amide bonds. The zero-order valence-electron chi connectivity index (χ0n) is 15.3. The van der Waals surface area contributed by atoms with Crippen LogP contribution in [0.1, 0.15) is 57.6 Å². The van der Waals surface area contributed by atoms with Gasteiger partial charge in [-0.25, -0.2) is 0 Å². The highest BCUT2D eigenvalue weighted by Crippen LogP contribution is 2.15. The van der Waals surface area contributed by atoms with Crippen molar-refractivity contribution in [1.82, 2.24) is 10.1 Å². The van der Waals surface area contributed by atoms with Gasteiger partial charge < -0.3 is 19.5 Å². The second kappa shape index (κ2) is 10.2. The standard InChI is InChI=1S/C18H29N3O4/c1-3-4-5-6-9-18(23)21(12-15-8-7-10-24-15)13-17(22)19-16-11-14(2)25-20-16/h11,15H,3-10,12-13H2,1-2H3,(H,19,20,22)/t15-/m1/s1. The molecule has 0 bridgehead atoms. The fourth-order valence-corrected chi connectivity index (χ4v) is 2.93. The van der Waals surface area contributed by atoms with Crippen molar-refractivity contribution in [1.29, 1.82) is 0 Å². The van der Waals surface area contributed by atoms with Crippen molar-refractivity contribution >= 4 is 17.6 Å². The molecule has 1 atom stereocenters. The Labute approximate surface area is 149 Å². The maximum atomic E-state index is 12.5. The first-order valence-electron chi connectivity index (χ1n) is 9.21. The molecule has 0 radical (unpaired) electrons. The normalized spacial score (nSPS) is 16.8. The van der Waals surface area contributed by atoms with Crippen molar-refractivity contribution in [2.24, 2.45) is 0 Å². The fourth-order valence-electron chi connectivity index (χ4n) is 2.93. The Morgan fingerprint density at radius 1 is 1.36 bits per heavy atom. The number of ether oxygens (including phenoxy) is 1. The zero-order valence-corrected chi connectivity index (χ0v) is 15.3. The molecule has 140 valence electrons. The maximum absolute atomic E-state index is 12.5. The molecule has 1 saturated heterocycles. The molecule has 0 spiro atoms. The number of anilines is 1. The lowest BCUT2D eigenvalue weighted by molar-refractivity contribution is -0.136. The molecule has 1 aromatic heterocycles. The lowest BCUT2D eigenvalue weighted by Gasteiger charge is -2.25. The molecule has 2 rings (SSSR count). The largest absolute Gasteiger partial charge is 0.376 e. The molecule has 1 N–H and O–H groups in total. The number of aromatic nitrogens is 1. The summed E-state index contributed by atoms with van der Waals surface area (Å²) in [5.41, 5.74) is 0. The Hall–Kier alpha value is -1.89. The zero-order chi connectivity index (χ0) is 18.1. The van der Waals surface area contributed by atoms with Gasteiger partial charge in [-0.2, -0.15) is 0 Å². The molecule has 2 heterocycles. The molecule has 7 heteroatoms. The van der Waals surface area contributed by atoms with Gasteiger partial charge in [-0.05, 0) is 26.2 Å². The quantitative estimate of drug-likeness (QED) is 0.655. The summed E-state index contributed by atoms with van der Waals surface area (Å²) in [5, 5.41) is 6.42. The van der Waals surface area contributed by atoms with Gasteiger partial charge >= 0.3 is 0 Å². The van der Waals surface area contributed by atoms with Crippen LogP contribution < -0.4 is 5.32 Å². The molecule has 1 aromatic rings. The Balaban J connectivity index is 1.87. The van der Waals surface area contributed by atoms with E-state index in [4.69, 9.17) is 9.26 Å². The maximum Gasteiger partial charge on any atom is 0.245 e. The van der Waals surface area contributed by atoms with Gasteiger partial charge in [0.15, 0.2) is 5.82 Å². The second-order valence-corrected chi connectivity index (χ2v) is 6.59. The van der Waals surface area contributed by atoms with Gasteiger partial charge in [0.25, 0.3) is 0 Å². The Morgan fingerprint density at radius 2 is 2.20 bits per heavy atom. The molecular formula is C18H29N3O4. The number of hydrogen-bond acceptors (Lipinski definition) is 5. The number of amides is 2. The first-order valence-corrected chi connectivity index (χ1v) is 9.21. The number of carbonyl (C=O) groups is 2. The van der Waals surface area contributed by atoms with Crippen LogP contribution in [0, 0.1) is 6.92 Å². The average Bonchev–Trinajstić information content (AvgIpc) is 3.22. The van der Waals surface area contributed by atoms with Crippen LogP contribution in [0.2, 0.25) is 0 Å². The van der Waals surface area contributed by atoms with Crippen molar-refractivity contribution in [3.8, 4) is 0 Å². The van der Waals surface area contributed by atoms with Gasteiger partial charge in [0.1, 0.15) is 5.76 Å². The van der Waals surface area contributed by atoms with E-state index in [1.807, 2.05) is 0 Å². The average molecular weight is 351 g/mol. The van der Waals surface area contributed by atoms with Gasteiger partial charge in [0, 0.05) is 25.6 Å². The molecule has 25 heavy (non-hydrogen) atoms. The summed E-state index contributed by atoms with van der Waals surface area (Å²) >= 11 is 0. The summed E-state index contributed by atoms with van der Waals surface area (Å²) in [6.45, 7) is 5.11. The first-order chi connectivity index (χ1) is 12.1. The van der Waals surface area contributed by atoms with Crippen molar-refractivity contribution in [3.05, 3.63) is 11.8 Å². The van der Waals surface area contributed by atoms with Crippen molar-refractivity contribution in [2.75, 3.05) is 25.0 Å². The lowest BCUT2D eigenvalue weighted by atomic mass is 10.1. The highest BCUT2D eigenvalue weighted by atomic mass is 16.5. The van der Waals surface area contributed by atoms with Crippen LogP contribution in [0.5, 0.6) is 0 Å². The summed E-state index contributed by atoms with van der Waals surface area (Å²) in [6, 6.07) is 1.65. The van der Waals surface area contributed by atoms with E-state index >= 15 is 0 Å². The summed E-state index contributed by atoms with van der Waals surface area (Å²) in [7, 11) is 0. The second-order valence-electron chi connectivity index (χ2n) is 6.59. The van der Waals surface area contributed by atoms with Crippen LogP contribution in [0.25, 0.3) is 0 Å². The molecule has 0 aromatic carbocycles. The van der Waals surface area contributed by atoms with Gasteiger partial charge in [-0.1, -0.05) is 31.3 Å². The number of unbranched alkanes of at least 4 members (excludes halogenated alkanes) is 3. The minimum Gasteiger partial charge on any atom is -0.376 e. The third-order valence-electron chi connectivity index (χ3n) is 4.27. The number of aryl methyl sites for hydroxylation is 1. The summed E-state index contributed by atoms with van der Waals surface area (Å²) in [4.78, 5) is 26.4. The van der Waals surface area contributed by atoms with E-state index in [1.165, 1.54) is 0 Å². The van der Waals surface area contributed by atoms with Gasteiger partial charge in [0.05, 0.1) is 12.6 Å². The van der Waals surface area contributed by atoms with Crippen LogP contribution in [0.4, 0.5) is 5.82 Å². The van der Waals surface area contributed by atoms with E-state index in [1.54, 1.807) is 17.9 Å². The minimum atomic E-state index is -0.270. The molecule has 0 aliphatic carbocycles. The Bertz CT molecular complexity index is 552. The van der Waals surface area contributed by atoms with Crippen molar-refractivity contribution < 1.29 is 18.8 Å². The number of carbonyl (C=O) groups excluding carboxylic acids is 2. The predicted molar refractivity (Wildman–Crippen MR) is 94.2 cm³/mol. The van der Waals surface area contributed by atoms with Gasteiger partial charge in [-0.15, -0.1) is 0 Å². The van der Waals surface area contributed by atoms with E-state index in [0.717, 1.165) is 45.1 Å². The van der Waals surface area contributed by atoms with Crippen LogP contribution in [0.3, 0.4) is 0 Å². The summed E-state index contributed by atoms with van der Waals surface area (Å²) in [6.07, 6.45) is 6.61. The molecule has 1 aliphatic rings. The van der Waals surface area contributed by atoms with E-state index in [9.17, 15) is 9.59 Å². The number of nitrogens with zero attached hydrogens (tertiary/aromatic N) is 2. The monoisotopic (exact) mass is 351 g/mol. The van der Waals surface area contributed by atoms with Crippen molar-refractivity contribution in [2.45, 2.75) is 64.9 Å². The SMILES string of the molecule is CCCCCCC(=O)N(CC(=O)Nc1cc(C)on1)C[C@H]1CCCO1. The van der Waals surface area contributed by atoms with Crippen LogP contribution in [0.15, 0.2) is 10.6 Å². The van der Waals surface area contributed by atoms with E-state index in [-0.39, 0.29) is 24.5 Å². The van der Waals surface area contributed by atoms with Crippen LogP contribution in [-0.2, 0) is 14.3 Å². The van der Waals surface area contributed by atoms with E-state index in [0.29, 0.717) is 24.5 Å². The highest BCUT2D eigenvalue weighted by Gasteiger charge is 2.24. The third-order valence-corrected chi connectivity index (χ3v) is 4.27. The van der Waals surface area contributed by atoms with Crippen LogP contribution >= 0.6 is 0 Å². The number of nitrogens with one attached hydrogen (secondary N) is 1. The lowest BCUT2D eigenvalue weighted by Crippen LogP contribution is -2.42. The third kappa shape index (κ3) is 6.86. The first kappa shape index (κ1) is 19.4. The molecule has 7 nitrogen and oxygen atoms in total. The summed E-state index contributed by atoms with van der Waals surface area (Å²) < 4.78 is 10.6. The summed E-state index contributed by atoms with van der Waals surface area (Å²) in [5.74, 6) is 0.736. The molecule has 0 unspecified atom stereocenters. The van der Waals surface area contributed by atoms with Crippen molar-refractivity contribution in [3.63, 3.8) is 0 Å². The van der Waals surface area contributed by atoms with Gasteiger partial charge in [-0.3, -0.25) is 9.59 Å². The molecule has 1 fully saturated rings. The van der Waals surface area contributed by atoms with Crippen LogP contribution in [-0.4, -0.2) is 47.7 Å². The van der Waals surface area contributed by atoms with E-state index < -0.39 is 0 Å². The Morgan fingerprint density at radius 3 is 2.84 bits per heavy atom. The smallest absolute Gasteiger partial charge is 0.245 e. The number of hydrogen-bond donors (Lipinski definition) is 1. The molecule has 1 aliphatic heterocycles. The Kier molecular flexibility index (Phi) is 7.91. The molecule has 0 saturated carbocycles. The minimum absolute atomic E-state index is 0.0121. The van der Waals surface area contributed by atoms with E-state index in [2.05, 4.69) is 17.4 Å². The highest BCUT2D eigenvalue weighted by molar-refractivity contribution is 5.93. The predicted octanol–water partition coefficient (Wildman–Crippen LogP) is 2.90. The van der Waals surface area contributed by atoms with Gasteiger partial charge in [0.2, 0.25) is 11.8 Å².